The molecule has 0 saturated carbocycles. The van der Waals surface area contributed by atoms with Gasteiger partial charge in [-0.2, -0.15) is 0 Å². The van der Waals surface area contributed by atoms with E-state index in [0.717, 1.165) is 4.47 Å². The van der Waals surface area contributed by atoms with Gasteiger partial charge in [-0.15, -0.1) is 0 Å². The van der Waals surface area contributed by atoms with Crippen molar-refractivity contribution in [2.75, 3.05) is 13.1 Å². The number of hydrogen-bond acceptors (Lipinski definition) is 3. The van der Waals surface area contributed by atoms with Gasteiger partial charge in [-0.3, -0.25) is 4.79 Å². The summed E-state index contributed by atoms with van der Waals surface area (Å²) in [6.45, 7) is 1.07. The van der Waals surface area contributed by atoms with Gasteiger partial charge in [0.25, 0.3) is 5.91 Å². The predicted molar refractivity (Wildman–Crippen MR) is 67.0 cm³/mol. The van der Waals surface area contributed by atoms with E-state index in [1.165, 1.54) is 6.07 Å². The van der Waals surface area contributed by atoms with Crippen molar-refractivity contribution in [1.29, 1.82) is 0 Å². The predicted octanol–water partition coefficient (Wildman–Crippen LogP) is 1.75. The van der Waals surface area contributed by atoms with Gasteiger partial charge in [-0.1, -0.05) is 15.9 Å². The van der Waals surface area contributed by atoms with E-state index in [0.29, 0.717) is 31.5 Å². The van der Waals surface area contributed by atoms with E-state index in [-0.39, 0.29) is 17.8 Å². The molecule has 0 spiro atoms. The molecule has 2 rings (SSSR count). The Morgan fingerprint density at radius 2 is 2.00 bits per heavy atom. The number of carbonyl (C=O) groups excluding carboxylic acids is 1. The molecule has 0 radical (unpaired) electrons. The maximum atomic E-state index is 12.1. The fourth-order valence-corrected chi connectivity index (χ4v) is 2.27. The molecule has 0 atom stereocenters. The highest BCUT2D eigenvalue weighted by molar-refractivity contribution is 9.10. The van der Waals surface area contributed by atoms with Gasteiger partial charge in [0.05, 0.1) is 11.7 Å². The summed E-state index contributed by atoms with van der Waals surface area (Å²) in [4.78, 5) is 13.8. The number of amides is 1. The third-order valence-electron chi connectivity index (χ3n) is 2.94. The Morgan fingerprint density at radius 1 is 1.35 bits per heavy atom. The molecule has 1 amide bonds. The normalized spacial score (nSPS) is 17.2. The maximum Gasteiger partial charge on any atom is 0.257 e. The molecule has 92 valence electrons. The number of aliphatic hydroxyl groups is 1. The van der Waals surface area contributed by atoms with Crippen LogP contribution in [0.4, 0.5) is 0 Å². The van der Waals surface area contributed by atoms with Crippen LogP contribution >= 0.6 is 15.9 Å². The lowest BCUT2D eigenvalue weighted by Gasteiger charge is -2.29. The van der Waals surface area contributed by atoms with Gasteiger partial charge in [0.1, 0.15) is 5.75 Å². The highest BCUT2D eigenvalue weighted by Gasteiger charge is 2.23. The quantitative estimate of drug-likeness (QED) is 0.830. The molecule has 0 aromatic heterocycles. The van der Waals surface area contributed by atoms with Crippen molar-refractivity contribution in [3.8, 4) is 5.75 Å². The Morgan fingerprint density at radius 3 is 2.59 bits per heavy atom. The van der Waals surface area contributed by atoms with E-state index >= 15 is 0 Å². The number of nitrogens with zero attached hydrogens (tertiary/aromatic N) is 1. The SMILES string of the molecule is O=C(c1ccc(Br)cc1O)N1CCC(O)CC1. The topological polar surface area (TPSA) is 60.8 Å². The van der Waals surface area contributed by atoms with Crippen molar-refractivity contribution < 1.29 is 15.0 Å². The van der Waals surface area contributed by atoms with Crippen molar-refractivity contribution in [1.82, 2.24) is 4.90 Å². The molecule has 4 nitrogen and oxygen atoms in total. The largest absolute Gasteiger partial charge is 0.507 e. The standard InChI is InChI=1S/C12H14BrNO3/c13-8-1-2-10(11(16)7-8)12(17)14-5-3-9(15)4-6-14/h1-2,7,9,15-16H,3-6H2. The minimum Gasteiger partial charge on any atom is -0.507 e. The van der Waals surface area contributed by atoms with Crippen LogP contribution < -0.4 is 0 Å². The van der Waals surface area contributed by atoms with Crippen molar-refractivity contribution in [2.24, 2.45) is 0 Å². The van der Waals surface area contributed by atoms with E-state index in [1.807, 2.05) is 0 Å². The molecule has 0 bridgehead atoms. The number of phenolic OH excluding ortho intramolecular Hbond substituents is 1. The molecular formula is C12H14BrNO3. The van der Waals surface area contributed by atoms with E-state index in [9.17, 15) is 15.0 Å². The van der Waals surface area contributed by atoms with Crippen molar-refractivity contribution in [3.63, 3.8) is 0 Å². The van der Waals surface area contributed by atoms with Crippen LogP contribution in [0.5, 0.6) is 5.75 Å². The van der Waals surface area contributed by atoms with E-state index in [2.05, 4.69) is 15.9 Å². The van der Waals surface area contributed by atoms with Crippen molar-refractivity contribution >= 4 is 21.8 Å². The second kappa shape index (κ2) is 5.06. The molecule has 0 aliphatic carbocycles. The van der Waals surface area contributed by atoms with E-state index in [4.69, 9.17) is 0 Å². The fourth-order valence-electron chi connectivity index (χ4n) is 1.92. The second-order valence-electron chi connectivity index (χ2n) is 4.18. The summed E-state index contributed by atoms with van der Waals surface area (Å²) in [7, 11) is 0. The molecule has 17 heavy (non-hydrogen) atoms. The molecule has 5 heteroatoms. The number of carbonyl (C=O) groups is 1. The van der Waals surface area contributed by atoms with Gasteiger partial charge >= 0.3 is 0 Å². The molecule has 2 N–H and O–H groups in total. The number of piperidine rings is 1. The minimum atomic E-state index is -0.308. The zero-order valence-electron chi connectivity index (χ0n) is 9.27. The second-order valence-corrected chi connectivity index (χ2v) is 5.10. The Kier molecular flexibility index (Phi) is 3.69. The number of likely N-dealkylation sites (tertiary alicyclic amines) is 1. The summed E-state index contributed by atoms with van der Waals surface area (Å²) in [6, 6.07) is 4.84. The van der Waals surface area contributed by atoms with Gasteiger partial charge in [-0.05, 0) is 31.0 Å². The molecule has 1 aliphatic rings. The summed E-state index contributed by atoms with van der Waals surface area (Å²) >= 11 is 3.23. The van der Waals surface area contributed by atoms with E-state index < -0.39 is 0 Å². The number of rotatable bonds is 1. The third kappa shape index (κ3) is 2.79. The first-order valence-corrected chi connectivity index (χ1v) is 6.33. The van der Waals surface area contributed by atoms with E-state index in [1.54, 1.807) is 17.0 Å². The van der Waals surface area contributed by atoms with Crippen molar-refractivity contribution in [2.45, 2.75) is 18.9 Å². The Labute approximate surface area is 108 Å². The van der Waals surface area contributed by atoms with Crippen LogP contribution in [0.1, 0.15) is 23.2 Å². The van der Waals surface area contributed by atoms with Crippen LogP contribution in [-0.2, 0) is 0 Å². The van der Waals surface area contributed by atoms with Gasteiger partial charge in [0.15, 0.2) is 0 Å². The molecule has 1 fully saturated rings. The maximum absolute atomic E-state index is 12.1. The number of aliphatic hydroxyl groups excluding tert-OH is 1. The summed E-state index contributed by atoms with van der Waals surface area (Å²) in [5, 5.41) is 19.1. The molecule has 1 aromatic rings. The summed E-state index contributed by atoms with van der Waals surface area (Å²) in [6.07, 6.45) is 0.893. The summed E-state index contributed by atoms with van der Waals surface area (Å²) in [5.74, 6) is -0.197. The monoisotopic (exact) mass is 299 g/mol. The molecule has 0 unspecified atom stereocenters. The summed E-state index contributed by atoms with van der Waals surface area (Å²) < 4.78 is 0.737. The molecule has 1 saturated heterocycles. The van der Waals surface area contributed by atoms with Crippen LogP contribution in [0.25, 0.3) is 0 Å². The minimum absolute atomic E-state index is 0.0181. The lowest BCUT2D eigenvalue weighted by molar-refractivity contribution is 0.0544. The smallest absolute Gasteiger partial charge is 0.257 e. The first kappa shape index (κ1) is 12.4. The zero-order valence-corrected chi connectivity index (χ0v) is 10.9. The highest BCUT2D eigenvalue weighted by Crippen LogP contribution is 2.24. The third-order valence-corrected chi connectivity index (χ3v) is 3.44. The number of phenols is 1. The fraction of sp³-hybridized carbons (Fsp3) is 0.417. The van der Waals surface area contributed by atoms with Crippen LogP contribution in [0.3, 0.4) is 0 Å². The van der Waals surface area contributed by atoms with Crippen LogP contribution in [0.2, 0.25) is 0 Å². The Balaban J connectivity index is 2.14. The lowest BCUT2D eigenvalue weighted by atomic mass is 10.1. The lowest BCUT2D eigenvalue weighted by Crippen LogP contribution is -2.40. The number of hydrogen-bond donors (Lipinski definition) is 2. The molecular weight excluding hydrogens is 286 g/mol. The van der Waals surface area contributed by atoms with Crippen LogP contribution in [0, 0.1) is 0 Å². The average Bonchev–Trinajstić information content (AvgIpc) is 2.29. The Bertz CT molecular complexity index is 428. The zero-order chi connectivity index (χ0) is 12.4. The van der Waals surface area contributed by atoms with Gasteiger partial charge in [0, 0.05) is 17.6 Å². The van der Waals surface area contributed by atoms with Crippen LogP contribution in [0.15, 0.2) is 22.7 Å². The van der Waals surface area contributed by atoms with Crippen molar-refractivity contribution in [3.05, 3.63) is 28.2 Å². The highest BCUT2D eigenvalue weighted by atomic mass is 79.9. The average molecular weight is 300 g/mol. The van der Waals surface area contributed by atoms with Gasteiger partial charge in [0.2, 0.25) is 0 Å². The number of halogens is 1. The van der Waals surface area contributed by atoms with Crippen LogP contribution in [-0.4, -0.2) is 40.2 Å². The summed E-state index contributed by atoms with van der Waals surface area (Å²) in [5.41, 5.74) is 0.310. The molecule has 1 aromatic carbocycles. The van der Waals surface area contributed by atoms with Gasteiger partial charge < -0.3 is 15.1 Å². The molecule has 1 heterocycles. The molecule has 1 aliphatic heterocycles. The van der Waals surface area contributed by atoms with Gasteiger partial charge in [-0.25, -0.2) is 0 Å². The first-order valence-electron chi connectivity index (χ1n) is 5.54. The first-order chi connectivity index (χ1) is 8.08. The number of aromatic hydroxyl groups is 1. The Hall–Kier alpha value is -1.07. The number of benzene rings is 1.